The number of rotatable bonds is 4. The molecule has 0 saturated carbocycles. The maximum Gasteiger partial charge on any atom is 0.322 e. The summed E-state index contributed by atoms with van der Waals surface area (Å²) in [6, 6.07) is -0.216. The van der Waals surface area contributed by atoms with Gasteiger partial charge < -0.3 is 14.4 Å². The summed E-state index contributed by atoms with van der Waals surface area (Å²) >= 11 is 0. The summed E-state index contributed by atoms with van der Waals surface area (Å²) in [6.07, 6.45) is 0. The number of nitrogens with zero attached hydrogens (tertiary/aromatic N) is 3. The third-order valence-corrected chi connectivity index (χ3v) is 4.22. The Kier molecular flexibility index (Phi) is 5.96. The molecule has 0 radical (unpaired) electrons. The lowest BCUT2D eigenvalue weighted by atomic mass is 10.2. The van der Waals surface area contributed by atoms with Crippen molar-refractivity contribution in [2.45, 2.75) is 13.0 Å². The third kappa shape index (κ3) is 4.39. The normalized spacial score (nSPS) is 22.9. The Labute approximate surface area is 125 Å². The zero-order chi connectivity index (χ0) is 15.2. The topological polar surface area (TPSA) is 62.3 Å². The summed E-state index contributed by atoms with van der Waals surface area (Å²) in [5, 5.41) is 0. The van der Waals surface area contributed by atoms with Gasteiger partial charge >= 0.3 is 5.97 Å². The van der Waals surface area contributed by atoms with E-state index in [4.69, 9.17) is 9.47 Å². The lowest BCUT2D eigenvalue weighted by molar-refractivity contribution is -0.147. The van der Waals surface area contributed by atoms with Crippen LogP contribution in [-0.4, -0.2) is 98.8 Å². The molecule has 2 rings (SSSR count). The molecule has 7 heteroatoms. The van der Waals surface area contributed by atoms with Crippen molar-refractivity contribution in [3.8, 4) is 0 Å². The van der Waals surface area contributed by atoms with Gasteiger partial charge in [0.25, 0.3) is 0 Å². The minimum Gasteiger partial charge on any atom is -0.468 e. The molecule has 120 valence electrons. The van der Waals surface area contributed by atoms with Crippen LogP contribution in [0, 0.1) is 0 Å². The monoisotopic (exact) mass is 299 g/mol. The molecule has 0 aromatic heterocycles. The van der Waals surface area contributed by atoms with Crippen molar-refractivity contribution in [2.24, 2.45) is 0 Å². The first-order chi connectivity index (χ1) is 10.1. The Hall–Kier alpha value is -1.18. The van der Waals surface area contributed by atoms with Crippen LogP contribution in [0.15, 0.2) is 0 Å². The van der Waals surface area contributed by atoms with Gasteiger partial charge in [-0.2, -0.15) is 0 Å². The number of ether oxygens (including phenoxy) is 2. The molecule has 2 aliphatic rings. The molecule has 1 unspecified atom stereocenters. The van der Waals surface area contributed by atoms with E-state index in [0.717, 1.165) is 26.2 Å². The van der Waals surface area contributed by atoms with E-state index in [1.54, 1.807) is 0 Å². The van der Waals surface area contributed by atoms with Gasteiger partial charge in [0, 0.05) is 39.3 Å². The molecular weight excluding hydrogens is 274 g/mol. The van der Waals surface area contributed by atoms with Gasteiger partial charge in [0.15, 0.2) is 0 Å². The van der Waals surface area contributed by atoms with Gasteiger partial charge in [-0.1, -0.05) is 0 Å². The molecule has 7 nitrogen and oxygen atoms in total. The molecule has 0 aliphatic carbocycles. The molecule has 0 aromatic carbocycles. The quantitative estimate of drug-likeness (QED) is 0.622. The van der Waals surface area contributed by atoms with Gasteiger partial charge in [-0.3, -0.25) is 19.4 Å². The fraction of sp³-hybridized carbons (Fsp3) is 0.857. The molecule has 0 aromatic rings. The second kappa shape index (κ2) is 7.72. The Morgan fingerprint density at radius 1 is 1.10 bits per heavy atom. The van der Waals surface area contributed by atoms with E-state index in [1.807, 2.05) is 11.8 Å². The summed E-state index contributed by atoms with van der Waals surface area (Å²) in [7, 11) is 1.41. The number of amides is 1. The molecule has 1 atom stereocenters. The minimum absolute atomic E-state index is 0.174. The van der Waals surface area contributed by atoms with Crippen molar-refractivity contribution in [2.75, 3.05) is 66.1 Å². The Balaban J connectivity index is 1.73. The molecule has 21 heavy (non-hydrogen) atoms. The molecule has 2 aliphatic heterocycles. The number of hydrogen-bond donors (Lipinski definition) is 0. The number of carbonyl (C=O) groups is 2. The third-order valence-electron chi connectivity index (χ3n) is 4.22. The van der Waals surface area contributed by atoms with Crippen LogP contribution in [0.4, 0.5) is 0 Å². The number of carbonyl (C=O) groups excluding carboxylic acids is 2. The highest BCUT2D eigenvalue weighted by Gasteiger charge is 2.27. The molecule has 0 spiro atoms. The van der Waals surface area contributed by atoms with Gasteiger partial charge in [-0.25, -0.2) is 0 Å². The van der Waals surface area contributed by atoms with Gasteiger partial charge in [0.05, 0.1) is 26.9 Å². The Bertz CT molecular complexity index is 363. The van der Waals surface area contributed by atoms with Crippen LogP contribution in [0.1, 0.15) is 6.92 Å². The van der Waals surface area contributed by atoms with Gasteiger partial charge in [-0.15, -0.1) is 0 Å². The molecule has 0 N–H and O–H groups in total. The van der Waals surface area contributed by atoms with Crippen LogP contribution >= 0.6 is 0 Å². The van der Waals surface area contributed by atoms with Crippen molar-refractivity contribution in [3.05, 3.63) is 0 Å². The van der Waals surface area contributed by atoms with E-state index in [1.165, 1.54) is 7.11 Å². The van der Waals surface area contributed by atoms with Crippen molar-refractivity contribution in [1.29, 1.82) is 0 Å². The summed E-state index contributed by atoms with van der Waals surface area (Å²) in [5.74, 6) is -0.0272. The zero-order valence-corrected chi connectivity index (χ0v) is 12.9. The van der Waals surface area contributed by atoms with Crippen LogP contribution in [0.5, 0.6) is 0 Å². The summed E-state index contributed by atoms with van der Waals surface area (Å²) in [6.45, 7) is 8.15. The summed E-state index contributed by atoms with van der Waals surface area (Å²) in [4.78, 5) is 29.8. The number of hydrogen-bond acceptors (Lipinski definition) is 6. The lowest BCUT2D eigenvalue weighted by Gasteiger charge is -2.37. The van der Waals surface area contributed by atoms with Gasteiger partial charge in [-0.05, 0) is 6.92 Å². The average molecular weight is 299 g/mol. The fourth-order valence-corrected chi connectivity index (χ4v) is 2.73. The van der Waals surface area contributed by atoms with E-state index >= 15 is 0 Å². The first kappa shape index (κ1) is 16.2. The molecule has 0 bridgehead atoms. The smallest absolute Gasteiger partial charge is 0.322 e. The largest absolute Gasteiger partial charge is 0.468 e. The highest BCUT2D eigenvalue weighted by molar-refractivity contribution is 5.78. The van der Waals surface area contributed by atoms with Crippen LogP contribution in [0.25, 0.3) is 0 Å². The zero-order valence-electron chi connectivity index (χ0n) is 12.9. The lowest BCUT2D eigenvalue weighted by Crippen LogP contribution is -2.54. The Morgan fingerprint density at radius 3 is 2.29 bits per heavy atom. The van der Waals surface area contributed by atoms with Crippen molar-refractivity contribution in [3.63, 3.8) is 0 Å². The van der Waals surface area contributed by atoms with Gasteiger partial charge in [0.2, 0.25) is 5.91 Å². The maximum absolute atomic E-state index is 12.2. The van der Waals surface area contributed by atoms with Crippen molar-refractivity contribution in [1.82, 2.24) is 14.7 Å². The van der Waals surface area contributed by atoms with E-state index in [9.17, 15) is 9.59 Å². The standard InChI is InChI=1S/C14H25N3O4/c1-12(14(19)20-2)16-5-3-15(4-6-16)11-13(18)17-7-9-21-10-8-17/h12H,3-11H2,1-2H3. The van der Waals surface area contributed by atoms with Crippen LogP contribution < -0.4 is 0 Å². The van der Waals surface area contributed by atoms with Crippen molar-refractivity contribution >= 4 is 11.9 Å². The predicted octanol–water partition coefficient (Wildman–Crippen LogP) is -0.976. The number of morpholine rings is 1. The number of piperazine rings is 1. The summed E-state index contributed by atoms with van der Waals surface area (Å²) < 4.78 is 10.0. The van der Waals surface area contributed by atoms with E-state index in [-0.39, 0.29) is 17.9 Å². The number of methoxy groups -OCH3 is 1. The van der Waals surface area contributed by atoms with Crippen LogP contribution in [0.2, 0.25) is 0 Å². The molecule has 2 fully saturated rings. The van der Waals surface area contributed by atoms with Crippen molar-refractivity contribution < 1.29 is 19.1 Å². The predicted molar refractivity (Wildman–Crippen MR) is 76.9 cm³/mol. The molecule has 1 amide bonds. The highest BCUT2D eigenvalue weighted by atomic mass is 16.5. The maximum atomic E-state index is 12.2. The second-order valence-corrected chi connectivity index (χ2v) is 5.50. The second-order valence-electron chi connectivity index (χ2n) is 5.50. The average Bonchev–Trinajstić information content (AvgIpc) is 2.55. The molecule has 2 heterocycles. The van der Waals surface area contributed by atoms with E-state index in [2.05, 4.69) is 9.80 Å². The van der Waals surface area contributed by atoms with Gasteiger partial charge in [0.1, 0.15) is 6.04 Å². The highest BCUT2D eigenvalue weighted by Crippen LogP contribution is 2.08. The first-order valence-electron chi connectivity index (χ1n) is 7.51. The van der Waals surface area contributed by atoms with Crippen LogP contribution in [0.3, 0.4) is 0 Å². The molecule has 2 saturated heterocycles. The van der Waals surface area contributed by atoms with E-state index < -0.39 is 0 Å². The first-order valence-corrected chi connectivity index (χ1v) is 7.51. The minimum atomic E-state index is -0.216. The fourth-order valence-electron chi connectivity index (χ4n) is 2.73. The SMILES string of the molecule is COC(=O)C(C)N1CCN(CC(=O)N2CCOCC2)CC1. The Morgan fingerprint density at radius 2 is 1.71 bits per heavy atom. The van der Waals surface area contributed by atoms with E-state index in [0.29, 0.717) is 32.8 Å². The van der Waals surface area contributed by atoms with Crippen LogP contribution in [-0.2, 0) is 19.1 Å². The summed E-state index contributed by atoms with van der Waals surface area (Å²) in [5.41, 5.74) is 0. The molecular formula is C14H25N3O4. The number of esters is 1.